The molecule has 2 heteroatoms. The van der Waals surface area contributed by atoms with Gasteiger partial charge >= 0.3 is 0 Å². The first-order chi connectivity index (χ1) is 28.7. The molecule has 0 spiro atoms. The van der Waals surface area contributed by atoms with Crippen LogP contribution in [0, 0.1) is 0 Å². The predicted octanol–water partition coefficient (Wildman–Crippen LogP) is 15.8. The smallest absolute Gasteiger partial charge is 0.0470 e. The normalized spacial score (nSPS) is 11.6. The number of fused-ring (bicyclic) bond motifs is 10. The van der Waals surface area contributed by atoms with E-state index in [0.29, 0.717) is 0 Å². The van der Waals surface area contributed by atoms with Gasteiger partial charge in [0.25, 0.3) is 0 Å². The SMILES string of the molecule is c1cc(-c2ccc(-c3cc4cc(c3)-c3ccccc3-c3cc5ccccc5cc3Nc3ccccc3-4)cc2)cc(-c2ccccc2Nc2cccc3ccccc23)c1. The number of nitrogens with one attached hydrogen (secondary N) is 2. The van der Waals surface area contributed by atoms with Crippen molar-refractivity contribution in [2.75, 3.05) is 10.6 Å². The number of hydrogen-bond donors (Lipinski definition) is 2. The first-order valence-corrected chi connectivity index (χ1v) is 19.9. The van der Waals surface area contributed by atoms with Crippen LogP contribution in [0.4, 0.5) is 22.7 Å². The van der Waals surface area contributed by atoms with Gasteiger partial charge in [0.2, 0.25) is 0 Å². The van der Waals surface area contributed by atoms with Crippen molar-refractivity contribution in [2.24, 2.45) is 0 Å². The Balaban J connectivity index is 0.973. The third kappa shape index (κ3) is 6.09. The third-order valence-corrected chi connectivity index (χ3v) is 11.6. The van der Waals surface area contributed by atoms with Crippen LogP contribution in [0.3, 0.4) is 0 Å². The lowest BCUT2D eigenvalue weighted by atomic mass is 9.87. The van der Waals surface area contributed by atoms with E-state index in [1.165, 1.54) is 82.7 Å². The average Bonchev–Trinajstić information content (AvgIpc) is 3.29. The highest BCUT2D eigenvalue weighted by Gasteiger charge is 2.19. The van der Waals surface area contributed by atoms with Crippen LogP contribution in [0.25, 0.3) is 88.3 Å². The topological polar surface area (TPSA) is 24.1 Å². The summed E-state index contributed by atoms with van der Waals surface area (Å²) in [5, 5.41) is 12.5. The summed E-state index contributed by atoms with van der Waals surface area (Å²) >= 11 is 0. The lowest BCUT2D eigenvalue weighted by Crippen LogP contribution is -1.99. The third-order valence-electron chi connectivity index (χ3n) is 11.6. The molecule has 2 N–H and O–H groups in total. The van der Waals surface area contributed by atoms with Crippen molar-refractivity contribution in [3.63, 3.8) is 0 Å². The van der Waals surface area contributed by atoms with Gasteiger partial charge in [-0.2, -0.15) is 0 Å². The Hall–Kier alpha value is -7.68. The van der Waals surface area contributed by atoms with Crippen LogP contribution >= 0.6 is 0 Å². The molecule has 2 bridgehead atoms. The van der Waals surface area contributed by atoms with Gasteiger partial charge in [0, 0.05) is 44.8 Å². The second-order valence-corrected chi connectivity index (χ2v) is 15.1. The molecule has 0 saturated carbocycles. The summed E-state index contributed by atoms with van der Waals surface area (Å²) < 4.78 is 0. The molecule has 2 nitrogen and oxygen atoms in total. The molecule has 0 fully saturated rings. The summed E-state index contributed by atoms with van der Waals surface area (Å²) in [6.07, 6.45) is 0. The van der Waals surface area contributed by atoms with Crippen LogP contribution in [0.2, 0.25) is 0 Å². The van der Waals surface area contributed by atoms with Crippen LogP contribution in [0.1, 0.15) is 0 Å². The zero-order chi connectivity index (χ0) is 38.4. The molecule has 0 saturated heterocycles. The summed E-state index contributed by atoms with van der Waals surface area (Å²) in [7, 11) is 0. The Labute approximate surface area is 338 Å². The van der Waals surface area contributed by atoms with E-state index in [1.807, 2.05) is 0 Å². The Morgan fingerprint density at radius 3 is 1.62 bits per heavy atom. The molecule has 1 aliphatic rings. The summed E-state index contributed by atoms with van der Waals surface area (Å²) in [6, 6.07) is 79.2. The lowest BCUT2D eigenvalue weighted by Gasteiger charge is -2.22. The first kappa shape index (κ1) is 33.6. The van der Waals surface area contributed by atoms with Crippen LogP contribution in [-0.4, -0.2) is 0 Å². The van der Waals surface area contributed by atoms with Gasteiger partial charge in [0.15, 0.2) is 0 Å². The van der Waals surface area contributed by atoms with Gasteiger partial charge in [-0.1, -0.05) is 164 Å². The van der Waals surface area contributed by atoms with Crippen LogP contribution < -0.4 is 10.6 Å². The Morgan fingerprint density at radius 1 is 0.259 bits per heavy atom. The van der Waals surface area contributed by atoms with E-state index in [-0.39, 0.29) is 0 Å². The maximum Gasteiger partial charge on any atom is 0.0470 e. The maximum atomic E-state index is 3.87. The summed E-state index contributed by atoms with van der Waals surface area (Å²) in [4.78, 5) is 0. The largest absolute Gasteiger partial charge is 0.355 e. The molecule has 272 valence electrons. The van der Waals surface area contributed by atoms with E-state index >= 15 is 0 Å². The summed E-state index contributed by atoms with van der Waals surface area (Å²) in [5.74, 6) is 0. The van der Waals surface area contributed by atoms with Crippen LogP contribution in [0.15, 0.2) is 218 Å². The fraction of sp³-hybridized carbons (Fsp3) is 0. The fourth-order valence-electron chi connectivity index (χ4n) is 8.68. The first-order valence-electron chi connectivity index (χ1n) is 19.9. The molecule has 0 atom stereocenters. The quantitative estimate of drug-likeness (QED) is 0.184. The summed E-state index contributed by atoms with van der Waals surface area (Å²) in [5.41, 5.74) is 18.6. The molecule has 0 aliphatic carbocycles. The molecule has 1 aliphatic heterocycles. The molecule has 11 rings (SSSR count). The molecular formula is C56H38N2. The van der Waals surface area contributed by atoms with E-state index in [2.05, 4.69) is 229 Å². The molecule has 0 amide bonds. The predicted molar refractivity (Wildman–Crippen MR) is 247 cm³/mol. The van der Waals surface area contributed by atoms with E-state index in [1.54, 1.807) is 0 Å². The van der Waals surface area contributed by atoms with E-state index in [0.717, 1.165) is 28.3 Å². The van der Waals surface area contributed by atoms with Crippen molar-refractivity contribution in [2.45, 2.75) is 0 Å². The van der Waals surface area contributed by atoms with E-state index < -0.39 is 0 Å². The fourth-order valence-corrected chi connectivity index (χ4v) is 8.68. The van der Waals surface area contributed by atoms with Crippen LogP contribution in [0.5, 0.6) is 0 Å². The zero-order valence-electron chi connectivity index (χ0n) is 31.8. The van der Waals surface area contributed by atoms with Crippen molar-refractivity contribution in [1.29, 1.82) is 0 Å². The van der Waals surface area contributed by atoms with Crippen molar-refractivity contribution < 1.29 is 0 Å². The molecule has 0 radical (unpaired) electrons. The lowest BCUT2D eigenvalue weighted by molar-refractivity contribution is 1.50. The highest BCUT2D eigenvalue weighted by atomic mass is 14.9. The van der Waals surface area contributed by atoms with E-state index in [9.17, 15) is 0 Å². The van der Waals surface area contributed by atoms with Crippen molar-refractivity contribution in [3.05, 3.63) is 218 Å². The molecule has 0 unspecified atom stereocenters. The Morgan fingerprint density at radius 2 is 0.793 bits per heavy atom. The monoisotopic (exact) mass is 738 g/mol. The molecule has 1 heterocycles. The van der Waals surface area contributed by atoms with E-state index in [4.69, 9.17) is 0 Å². The Bertz CT molecular complexity index is 3170. The second-order valence-electron chi connectivity index (χ2n) is 15.1. The van der Waals surface area contributed by atoms with Gasteiger partial charge in [0.05, 0.1) is 0 Å². The van der Waals surface area contributed by atoms with Gasteiger partial charge in [-0.15, -0.1) is 0 Å². The van der Waals surface area contributed by atoms with Crippen molar-refractivity contribution >= 4 is 44.3 Å². The minimum atomic E-state index is 1.08. The van der Waals surface area contributed by atoms with Crippen molar-refractivity contribution in [1.82, 2.24) is 0 Å². The molecule has 58 heavy (non-hydrogen) atoms. The summed E-state index contributed by atoms with van der Waals surface area (Å²) in [6.45, 7) is 0. The second kappa shape index (κ2) is 14.1. The molecular weight excluding hydrogens is 701 g/mol. The number of rotatable bonds is 5. The van der Waals surface area contributed by atoms with Gasteiger partial charge in [-0.05, 0) is 121 Å². The standard InChI is InChI=1S/C56H38N2/c1-2-15-42-36-56-52(35-41(42)14-1)51-23-6-5-19-47(51)45-32-44(33-46(34-45)50-22-8-10-25-54(50)58-56)38-29-27-37(28-30-38)40-17-11-18-43(31-40)49-21-7-9-24-53(49)57-55-26-12-16-39-13-3-4-20-48(39)55/h1-36,57-58H. The maximum absolute atomic E-state index is 3.87. The highest BCUT2D eigenvalue weighted by Crippen LogP contribution is 2.45. The number of para-hydroxylation sites is 2. The Kier molecular flexibility index (Phi) is 8.19. The molecule has 0 aromatic heterocycles. The van der Waals surface area contributed by atoms with Gasteiger partial charge in [0.1, 0.15) is 0 Å². The zero-order valence-corrected chi connectivity index (χ0v) is 31.8. The minimum Gasteiger partial charge on any atom is -0.355 e. The van der Waals surface area contributed by atoms with Gasteiger partial charge < -0.3 is 10.6 Å². The molecule has 10 aromatic carbocycles. The highest BCUT2D eigenvalue weighted by molar-refractivity contribution is 6.02. The molecule has 10 aromatic rings. The van der Waals surface area contributed by atoms with Crippen molar-refractivity contribution in [3.8, 4) is 66.8 Å². The number of hydrogen-bond acceptors (Lipinski definition) is 2. The number of benzene rings is 10. The minimum absolute atomic E-state index is 1.08. The van der Waals surface area contributed by atoms with Gasteiger partial charge in [-0.3, -0.25) is 0 Å². The average molecular weight is 739 g/mol. The van der Waals surface area contributed by atoms with Gasteiger partial charge in [-0.25, -0.2) is 0 Å². The number of anilines is 4. The van der Waals surface area contributed by atoms with Crippen LogP contribution in [-0.2, 0) is 0 Å².